The van der Waals surface area contributed by atoms with E-state index in [0.29, 0.717) is 30.9 Å². The monoisotopic (exact) mass is 438 g/mol. The first kappa shape index (κ1) is 20.9. The number of nitrogens with one attached hydrogen (secondary N) is 1. The number of benzene rings is 1. The first-order chi connectivity index (χ1) is 15.7. The second-order valence-corrected chi connectivity index (χ2v) is 8.61. The van der Waals surface area contributed by atoms with E-state index in [0.717, 1.165) is 63.2 Å². The van der Waals surface area contributed by atoms with Crippen molar-refractivity contribution in [2.24, 2.45) is 0 Å². The van der Waals surface area contributed by atoms with Gasteiger partial charge in [-0.25, -0.2) is 0 Å². The first-order valence-corrected chi connectivity index (χ1v) is 11.4. The molecule has 9 heteroatoms. The van der Waals surface area contributed by atoms with E-state index in [1.165, 1.54) is 0 Å². The van der Waals surface area contributed by atoms with Crippen molar-refractivity contribution in [1.82, 2.24) is 20.3 Å². The maximum atomic E-state index is 13.2. The van der Waals surface area contributed by atoms with Crippen molar-refractivity contribution in [2.75, 3.05) is 56.3 Å². The Bertz CT molecular complexity index is 968. The van der Waals surface area contributed by atoms with Gasteiger partial charge < -0.3 is 24.6 Å². The number of anilines is 2. The van der Waals surface area contributed by atoms with Crippen molar-refractivity contribution in [2.45, 2.75) is 37.6 Å². The van der Waals surface area contributed by atoms with Crippen molar-refractivity contribution in [3.8, 4) is 5.75 Å². The smallest absolute Gasteiger partial charge is 0.231 e. The molecule has 0 radical (unpaired) electrons. The number of hydrogen-bond acceptors (Lipinski definition) is 8. The van der Waals surface area contributed by atoms with Gasteiger partial charge >= 0.3 is 0 Å². The van der Waals surface area contributed by atoms with Gasteiger partial charge in [-0.05, 0) is 31.7 Å². The Labute approximate surface area is 188 Å². The van der Waals surface area contributed by atoms with Gasteiger partial charge in [0.05, 0.1) is 32.3 Å². The molecule has 1 saturated carbocycles. The van der Waals surface area contributed by atoms with E-state index in [9.17, 15) is 4.79 Å². The molecule has 1 amide bonds. The van der Waals surface area contributed by atoms with E-state index in [1.54, 1.807) is 7.11 Å². The number of hydrogen-bond donors (Lipinski definition) is 1. The number of carbonyl (C=O) groups excluding carboxylic acids is 1. The molecule has 0 bridgehead atoms. The molecule has 0 atom stereocenters. The molecule has 0 spiro atoms. The van der Waals surface area contributed by atoms with Gasteiger partial charge in [-0.3, -0.25) is 4.79 Å². The van der Waals surface area contributed by atoms with Crippen LogP contribution in [0.3, 0.4) is 0 Å². The fraction of sp³-hybridized carbons (Fsp3) is 0.565. The summed E-state index contributed by atoms with van der Waals surface area (Å²) in [6, 6.07) is 7.77. The van der Waals surface area contributed by atoms with E-state index >= 15 is 0 Å². The molecule has 32 heavy (non-hydrogen) atoms. The van der Waals surface area contributed by atoms with Crippen LogP contribution in [0.25, 0.3) is 0 Å². The number of rotatable bonds is 7. The highest BCUT2D eigenvalue weighted by molar-refractivity contribution is 5.92. The van der Waals surface area contributed by atoms with Gasteiger partial charge in [0.15, 0.2) is 5.82 Å². The lowest BCUT2D eigenvalue weighted by atomic mass is 9.94. The predicted molar refractivity (Wildman–Crippen MR) is 120 cm³/mol. The number of nitrogens with zero attached hydrogens (tertiary/aromatic N) is 5. The standard InChI is InChI=1S/C23H30N6O3/c1-31-18-7-3-2-6-17(18)23(8-9-23)20(30)24-16-19-25-21(28-10-4-5-11-28)27-22(26-19)29-12-14-32-15-13-29/h2-3,6-7H,4-5,8-16H2,1H3,(H,24,30). The summed E-state index contributed by atoms with van der Waals surface area (Å²) in [6.45, 7) is 5.02. The number of ether oxygens (including phenoxy) is 2. The molecule has 9 nitrogen and oxygen atoms in total. The second-order valence-electron chi connectivity index (χ2n) is 8.61. The summed E-state index contributed by atoms with van der Waals surface area (Å²) >= 11 is 0. The molecule has 2 aromatic rings. The molecule has 3 aliphatic rings. The first-order valence-electron chi connectivity index (χ1n) is 11.4. The van der Waals surface area contributed by atoms with Gasteiger partial charge in [-0.1, -0.05) is 18.2 Å². The maximum Gasteiger partial charge on any atom is 0.231 e. The fourth-order valence-corrected chi connectivity index (χ4v) is 4.55. The minimum Gasteiger partial charge on any atom is -0.496 e. The number of aromatic nitrogens is 3. The number of methoxy groups -OCH3 is 1. The van der Waals surface area contributed by atoms with Crippen LogP contribution in [0.5, 0.6) is 5.75 Å². The van der Waals surface area contributed by atoms with Gasteiger partial charge in [-0.15, -0.1) is 0 Å². The zero-order valence-corrected chi connectivity index (χ0v) is 18.5. The molecular weight excluding hydrogens is 408 g/mol. The molecule has 1 aliphatic carbocycles. The van der Waals surface area contributed by atoms with E-state index in [4.69, 9.17) is 24.4 Å². The Kier molecular flexibility index (Phi) is 5.82. The Balaban J connectivity index is 1.35. The normalized spacial score (nSPS) is 19.7. The second kappa shape index (κ2) is 8.90. The quantitative estimate of drug-likeness (QED) is 0.698. The molecule has 1 aromatic heterocycles. The SMILES string of the molecule is COc1ccccc1C1(C(=O)NCc2nc(N3CCCC3)nc(N3CCOCC3)n2)CC1. The fourth-order valence-electron chi connectivity index (χ4n) is 4.55. The lowest BCUT2D eigenvalue weighted by molar-refractivity contribution is -0.123. The summed E-state index contributed by atoms with van der Waals surface area (Å²) in [7, 11) is 1.64. The lowest BCUT2D eigenvalue weighted by Gasteiger charge is -2.28. The summed E-state index contributed by atoms with van der Waals surface area (Å²) in [5.74, 6) is 2.71. The Morgan fingerprint density at radius 2 is 1.69 bits per heavy atom. The van der Waals surface area contributed by atoms with Gasteiger partial charge in [0.1, 0.15) is 5.75 Å². The lowest BCUT2D eigenvalue weighted by Crippen LogP contribution is -2.39. The van der Waals surface area contributed by atoms with Crippen molar-refractivity contribution < 1.29 is 14.3 Å². The van der Waals surface area contributed by atoms with Gasteiger partial charge in [0.25, 0.3) is 0 Å². The zero-order chi connectivity index (χ0) is 22.0. The molecule has 3 fully saturated rings. The average Bonchev–Trinajstić information content (AvgIpc) is 3.48. The van der Waals surface area contributed by atoms with Crippen LogP contribution in [-0.4, -0.2) is 67.4 Å². The summed E-state index contributed by atoms with van der Waals surface area (Å²) in [5.41, 5.74) is 0.423. The summed E-state index contributed by atoms with van der Waals surface area (Å²) in [5, 5.41) is 3.09. The molecule has 3 heterocycles. The minimum absolute atomic E-state index is 0.00180. The van der Waals surface area contributed by atoms with Crippen molar-refractivity contribution in [3.05, 3.63) is 35.7 Å². The van der Waals surface area contributed by atoms with Crippen LogP contribution >= 0.6 is 0 Å². The highest BCUT2D eigenvalue weighted by Crippen LogP contribution is 2.51. The molecule has 5 rings (SSSR count). The van der Waals surface area contributed by atoms with Gasteiger partial charge in [0, 0.05) is 31.7 Å². The average molecular weight is 439 g/mol. The van der Waals surface area contributed by atoms with Crippen LogP contribution in [0, 0.1) is 0 Å². The number of carbonyl (C=O) groups is 1. The molecule has 1 aromatic carbocycles. The molecular formula is C23H30N6O3. The van der Waals surface area contributed by atoms with Crippen LogP contribution in [0.4, 0.5) is 11.9 Å². The summed E-state index contributed by atoms with van der Waals surface area (Å²) < 4.78 is 11.0. The molecule has 170 valence electrons. The third-order valence-electron chi connectivity index (χ3n) is 6.56. The van der Waals surface area contributed by atoms with Crippen LogP contribution in [0.15, 0.2) is 24.3 Å². The Hall–Kier alpha value is -2.94. The van der Waals surface area contributed by atoms with E-state index in [-0.39, 0.29) is 12.5 Å². The highest BCUT2D eigenvalue weighted by Gasteiger charge is 2.52. The van der Waals surface area contributed by atoms with Crippen molar-refractivity contribution in [1.29, 1.82) is 0 Å². The molecule has 2 aliphatic heterocycles. The number of morpholine rings is 1. The summed E-state index contributed by atoms with van der Waals surface area (Å²) in [4.78, 5) is 31.7. The summed E-state index contributed by atoms with van der Waals surface area (Å²) in [6.07, 6.45) is 3.92. The number of para-hydroxylation sites is 1. The van der Waals surface area contributed by atoms with Crippen LogP contribution in [0.1, 0.15) is 37.1 Å². The predicted octanol–water partition coefficient (Wildman–Crippen LogP) is 1.66. The Morgan fingerprint density at radius 1 is 1.03 bits per heavy atom. The maximum absolute atomic E-state index is 13.2. The topological polar surface area (TPSA) is 92.7 Å². The van der Waals surface area contributed by atoms with Crippen LogP contribution < -0.4 is 19.9 Å². The largest absolute Gasteiger partial charge is 0.496 e. The van der Waals surface area contributed by atoms with Crippen molar-refractivity contribution >= 4 is 17.8 Å². The molecule has 0 unspecified atom stereocenters. The van der Waals surface area contributed by atoms with E-state index in [2.05, 4.69) is 15.1 Å². The highest BCUT2D eigenvalue weighted by atomic mass is 16.5. The third-order valence-corrected chi connectivity index (χ3v) is 6.56. The third kappa shape index (κ3) is 4.09. The number of amides is 1. The van der Waals surface area contributed by atoms with E-state index < -0.39 is 5.41 Å². The molecule has 2 saturated heterocycles. The van der Waals surface area contributed by atoms with Crippen LogP contribution in [0.2, 0.25) is 0 Å². The van der Waals surface area contributed by atoms with Crippen LogP contribution in [-0.2, 0) is 21.5 Å². The minimum atomic E-state index is -0.523. The zero-order valence-electron chi connectivity index (χ0n) is 18.5. The van der Waals surface area contributed by atoms with E-state index in [1.807, 2.05) is 24.3 Å². The molecule has 1 N–H and O–H groups in total. The van der Waals surface area contributed by atoms with Gasteiger partial charge in [-0.2, -0.15) is 15.0 Å². The van der Waals surface area contributed by atoms with Crippen molar-refractivity contribution in [3.63, 3.8) is 0 Å². The Morgan fingerprint density at radius 3 is 2.34 bits per heavy atom. The van der Waals surface area contributed by atoms with Gasteiger partial charge in [0.2, 0.25) is 17.8 Å².